The first-order valence-corrected chi connectivity index (χ1v) is 5.52. The number of hydrogen-bond donors (Lipinski definition) is 2. The molecule has 4 nitrogen and oxygen atoms in total. The lowest BCUT2D eigenvalue weighted by Gasteiger charge is -2.13. The van der Waals surface area contributed by atoms with Crippen molar-refractivity contribution in [2.45, 2.75) is 19.5 Å². The van der Waals surface area contributed by atoms with Crippen molar-refractivity contribution in [3.05, 3.63) is 24.3 Å². The monoisotopic (exact) mass is 224 g/mol. The molecule has 0 amide bonds. The molecule has 0 fully saturated rings. The fourth-order valence-corrected chi connectivity index (χ4v) is 1.29. The second-order valence-electron chi connectivity index (χ2n) is 3.47. The quantitative estimate of drug-likeness (QED) is 0.542. The maximum Gasteiger partial charge on any atom is 0.161 e. The maximum atomic E-state index is 5.72. The molecule has 0 aliphatic heterocycles. The van der Waals surface area contributed by atoms with Gasteiger partial charge in [0.15, 0.2) is 11.5 Å². The van der Waals surface area contributed by atoms with Gasteiger partial charge in [-0.15, -0.1) is 0 Å². The molecule has 0 aliphatic carbocycles. The van der Waals surface area contributed by atoms with E-state index in [1.165, 1.54) is 0 Å². The third-order valence-electron chi connectivity index (χ3n) is 2.28. The van der Waals surface area contributed by atoms with Crippen molar-refractivity contribution in [1.29, 1.82) is 0 Å². The van der Waals surface area contributed by atoms with Crippen LogP contribution in [0.3, 0.4) is 0 Å². The van der Waals surface area contributed by atoms with E-state index in [1.807, 2.05) is 31.2 Å². The van der Waals surface area contributed by atoms with E-state index in [1.54, 1.807) is 7.11 Å². The number of hydrogen-bond acceptors (Lipinski definition) is 4. The number of ether oxygens (including phenoxy) is 2. The Hall–Kier alpha value is -1.26. The fourth-order valence-electron chi connectivity index (χ4n) is 1.29. The summed E-state index contributed by atoms with van der Waals surface area (Å²) in [6.45, 7) is 3.35. The Morgan fingerprint density at radius 1 is 1.31 bits per heavy atom. The van der Waals surface area contributed by atoms with Crippen LogP contribution in [0.1, 0.15) is 13.3 Å². The number of nitrogens with two attached hydrogens (primary N) is 1. The first-order chi connectivity index (χ1) is 7.77. The van der Waals surface area contributed by atoms with E-state index in [9.17, 15) is 0 Å². The van der Waals surface area contributed by atoms with E-state index >= 15 is 0 Å². The Labute approximate surface area is 96.7 Å². The fraction of sp³-hybridized carbons (Fsp3) is 0.500. The Morgan fingerprint density at radius 3 is 2.62 bits per heavy atom. The van der Waals surface area contributed by atoms with Gasteiger partial charge in [-0.2, -0.15) is 0 Å². The van der Waals surface area contributed by atoms with E-state index in [-0.39, 0.29) is 6.17 Å². The average molecular weight is 224 g/mol. The van der Waals surface area contributed by atoms with Gasteiger partial charge >= 0.3 is 0 Å². The molecule has 90 valence electrons. The van der Waals surface area contributed by atoms with Gasteiger partial charge in [-0.3, -0.25) is 5.32 Å². The van der Waals surface area contributed by atoms with Crippen molar-refractivity contribution in [3.8, 4) is 11.5 Å². The van der Waals surface area contributed by atoms with Crippen LogP contribution in [0.5, 0.6) is 11.5 Å². The minimum Gasteiger partial charge on any atom is -0.493 e. The molecule has 4 heteroatoms. The zero-order valence-corrected chi connectivity index (χ0v) is 9.90. The zero-order valence-electron chi connectivity index (χ0n) is 9.90. The second kappa shape index (κ2) is 7.09. The van der Waals surface area contributed by atoms with E-state index in [0.717, 1.165) is 24.5 Å². The van der Waals surface area contributed by atoms with Crippen molar-refractivity contribution < 1.29 is 9.47 Å². The van der Waals surface area contributed by atoms with E-state index in [0.29, 0.717) is 6.61 Å². The molecule has 1 rings (SSSR count). The molecule has 0 saturated heterocycles. The SMILES string of the molecule is CCC(N)NCCOc1ccccc1OC. The van der Waals surface area contributed by atoms with Crippen LogP contribution in [0.2, 0.25) is 0 Å². The number of para-hydroxylation sites is 2. The predicted molar refractivity (Wildman–Crippen MR) is 64.8 cm³/mol. The number of nitrogens with one attached hydrogen (secondary N) is 1. The first-order valence-electron chi connectivity index (χ1n) is 5.52. The number of benzene rings is 1. The minimum atomic E-state index is 0.0428. The van der Waals surface area contributed by atoms with Crippen molar-refractivity contribution >= 4 is 0 Å². The molecule has 0 heterocycles. The largest absolute Gasteiger partial charge is 0.493 e. The minimum absolute atomic E-state index is 0.0428. The van der Waals surface area contributed by atoms with Gasteiger partial charge in [-0.05, 0) is 18.6 Å². The highest BCUT2D eigenvalue weighted by molar-refractivity contribution is 5.39. The lowest BCUT2D eigenvalue weighted by atomic mass is 10.3. The van der Waals surface area contributed by atoms with Crippen LogP contribution in [0.25, 0.3) is 0 Å². The van der Waals surface area contributed by atoms with Crippen LogP contribution in [0.4, 0.5) is 0 Å². The van der Waals surface area contributed by atoms with Gasteiger partial charge in [0.25, 0.3) is 0 Å². The summed E-state index contributed by atoms with van der Waals surface area (Å²) in [5.41, 5.74) is 5.72. The summed E-state index contributed by atoms with van der Waals surface area (Å²) in [5.74, 6) is 1.51. The van der Waals surface area contributed by atoms with Crippen LogP contribution in [-0.4, -0.2) is 26.4 Å². The molecule has 0 aliphatic rings. The topological polar surface area (TPSA) is 56.5 Å². The highest BCUT2D eigenvalue weighted by Gasteiger charge is 2.02. The van der Waals surface area contributed by atoms with Crippen LogP contribution in [-0.2, 0) is 0 Å². The molecule has 16 heavy (non-hydrogen) atoms. The normalized spacial score (nSPS) is 12.2. The zero-order chi connectivity index (χ0) is 11.8. The smallest absolute Gasteiger partial charge is 0.161 e. The molecular weight excluding hydrogens is 204 g/mol. The highest BCUT2D eigenvalue weighted by atomic mass is 16.5. The summed E-state index contributed by atoms with van der Waals surface area (Å²) in [4.78, 5) is 0. The summed E-state index contributed by atoms with van der Waals surface area (Å²) in [6, 6.07) is 7.60. The third-order valence-corrected chi connectivity index (χ3v) is 2.28. The number of methoxy groups -OCH3 is 1. The van der Waals surface area contributed by atoms with Gasteiger partial charge in [-0.1, -0.05) is 19.1 Å². The molecule has 0 radical (unpaired) electrons. The molecule has 1 atom stereocenters. The molecule has 0 saturated carbocycles. The highest BCUT2D eigenvalue weighted by Crippen LogP contribution is 2.25. The molecule has 0 aromatic heterocycles. The predicted octanol–water partition coefficient (Wildman–Crippen LogP) is 1.36. The molecule has 1 aromatic carbocycles. The lowest BCUT2D eigenvalue weighted by Crippen LogP contribution is -2.38. The Balaban J connectivity index is 2.31. The lowest BCUT2D eigenvalue weighted by molar-refractivity contribution is 0.285. The Bertz CT molecular complexity index is 305. The molecule has 0 bridgehead atoms. The van der Waals surface area contributed by atoms with Crippen LogP contribution in [0.15, 0.2) is 24.3 Å². The van der Waals surface area contributed by atoms with E-state index in [2.05, 4.69) is 5.32 Å². The molecule has 0 spiro atoms. The molecule has 1 unspecified atom stereocenters. The van der Waals surface area contributed by atoms with Gasteiger partial charge in [0.05, 0.1) is 13.3 Å². The van der Waals surface area contributed by atoms with Gasteiger partial charge in [-0.25, -0.2) is 0 Å². The Kier molecular flexibility index (Phi) is 5.67. The number of rotatable bonds is 7. The van der Waals surface area contributed by atoms with Crippen molar-refractivity contribution in [3.63, 3.8) is 0 Å². The van der Waals surface area contributed by atoms with Crippen LogP contribution in [0, 0.1) is 0 Å². The summed E-state index contributed by atoms with van der Waals surface area (Å²) in [7, 11) is 1.63. The maximum absolute atomic E-state index is 5.72. The van der Waals surface area contributed by atoms with Crippen LogP contribution < -0.4 is 20.5 Å². The van der Waals surface area contributed by atoms with E-state index < -0.39 is 0 Å². The van der Waals surface area contributed by atoms with Gasteiger partial charge in [0, 0.05) is 6.54 Å². The van der Waals surface area contributed by atoms with Crippen molar-refractivity contribution in [2.24, 2.45) is 5.73 Å². The summed E-state index contributed by atoms with van der Waals surface area (Å²) in [5, 5.41) is 3.15. The molecule has 1 aromatic rings. The van der Waals surface area contributed by atoms with Gasteiger partial charge in [0.2, 0.25) is 0 Å². The van der Waals surface area contributed by atoms with E-state index in [4.69, 9.17) is 15.2 Å². The van der Waals surface area contributed by atoms with Gasteiger partial charge in [0.1, 0.15) is 6.61 Å². The first kappa shape index (κ1) is 12.8. The standard InChI is InChI=1S/C12H20N2O2/c1-3-12(13)14-8-9-16-11-7-5-4-6-10(11)15-2/h4-7,12,14H,3,8-9,13H2,1-2H3. The Morgan fingerprint density at radius 2 is 2.00 bits per heavy atom. The summed E-state index contributed by atoms with van der Waals surface area (Å²) in [6.07, 6.45) is 0.954. The molecular formula is C12H20N2O2. The second-order valence-corrected chi connectivity index (χ2v) is 3.47. The average Bonchev–Trinajstić information content (AvgIpc) is 2.34. The molecule has 3 N–H and O–H groups in total. The van der Waals surface area contributed by atoms with Crippen molar-refractivity contribution in [1.82, 2.24) is 5.32 Å². The third kappa shape index (κ3) is 4.08. The van der Waals surface area contributed by atoms with Crippen LogP contribution >= 0.6 is 0 Å². The summed E-state index contributed by atoms with van der Waals surface area (Å²) >= 11 is 0. The van der Waals surface area contributed by atoms with Crippen molar-refractivity contribution in [2.75, 3.05) is 20.3 Å². The van der Waals surface area contributed by atoms with Gasteiger partial charge < -0.3 is 15.2 Å². The summed E-state index contributed by atoms with van der Waals surface area (Å²) < 4.78 is 10.8.